The van der Waals surface area contributed by atoms with Crippen molar-refractivity contribution in [2.45, 2.75) is 26.3 Å². The standard InChI is InChI=1S/C16H19NO3/c1-11-8-13(9-14(18)15(11)16(19)20-2)17-10-12-6-4-3-5-7-12/h3-7,11,15H,8-10H2,1-2H3. The van der Waals surface area contributed by atoms with Gasteiger partial charge in [0.2, 0.25) is 0 Å². The quantitative estimate of drug-likeness (QED) is 0.627. The Kier molecular flexibility index (Phi) is 4.66. The van der Waals surface area contributed by atoms with Gasteiger partial charge in [0, 0.05) is 12.1 Å². The van der Waals surface area contributed by atoms with Crippen LogP contribution < -0.4 is 0 Å². The van der Waals surface area contributed by atoms with Gasteiger partial charge in [0.1, 0.15) is 5.92 Å². The molecule has 2 unspecified atom stereocenters. The van der Waals surface area contributed by atoms with E-state index in [2.05, 4.69) is 4.99 Å². The number of aliphatic imine (C=N–C) groups is 1. The summed E-state index contributed by atoms with van der Waals surface area (Å²) in [5.41, 5.74) is 2.00. The Hall–Kier alpha value is -1.97. The molecule has 0 heterocycles. The van der Waals surface area contributed by atoms with Crippen molar-refractivity contribution in [2.75, 3.05) is 7.11 Å². The number of Topliss-reactive ketones (excluding diaryl/α,β-unsaturated/α-hetero) is 1. The van der Waals surface area contributed by atoms with Gasteiger partial charge in [-0.25, -0.2) is 0 Å². The van der Waals surface area contributed by atoms with Crippen molar-refractivity contribution in [2.24, 2.45) is 16.8 Å². The maximum absolute atomic E-state index is 12.0. The molecule has 0 bridgehead atoms. The summed E-state index contributed by atoms with van der Waals surface area (Å²) >= 11 is 0. The van der Waals surface area contributed by atoms with E-state index < -0.39 is 11.9 Å². The number of ether oxygens (including phenoxy) is 1. The first-order valence-electron chi connectivity index (χ1n) is 6.78. The molecule has 0 amide bonds. The Bertz CT molecular complexity index is 522. The molecule has 20 heavy (non-hydrogen) atoms. The lowest BCUT2D eigenvalue weighted by atomic mass is 9.78. The molecule has 2 atom stereocenters. The second kappa shape index (κ2) is 6.46. The highest BCUT2D eigenvalue weighted by molar-refractivity contribution is 6.12. The number of hydrogen-bond acceptors (Lipinski definition) is 4. The van der Waals surface area contributed by atoms with E-state index in [1.807, 2.05) is 37.3 Å². The second-order valence-electron chi connectivity index (χ2n) is 5.19. The summed E-state index contributed by atoms with van der Waals surface area (Å²) < 4.78 is 4.70. The van der Waals surface area contributed by atoms with E-state index in [0.717, 1.165) is 11.3 Å². The van der Waals surface area contributed by atoms with Crippen molar-refractivity contribution < 1.29 is 14.3 Å². The van der Waals surface area contributed by atoms with Crippen LogP contribution in [0.25, 0.3) is 0 Å². The molecule has 4 nitrogen and oxygen atoms in total. The van der Waals surface area contributed by atoms with E-state index in [-0.39, 0.29) is 18.1 Å². The fourth-order valence-corrected chi connectivity index (χ4v) is 2.59. The SMILES string of the molecule is COC(=O)C1C(=O)CC(=NCc2ccccc2)CC1C. The molecule has 1 aliphatic rings. The highest BCUT2D eigenvalue weighted by Gasteiger charge is 2.37. The molecule has 1 aliphatic carbocycles. The number of rotatable bonds is 3. The van der Waals surface area contributed by atoms with Crippen LogP contribution in [0.2, 0.25) is 0 Å². The minimum absolute atomic E-state index is 0.0433. The molecule has 1 aromatic carbocycles. The van der Waals surface area contributed by atoms with Crippen molar-refractivity contribution in [3.8, 4) is 0 Å². The van der Waals surface area contributed by atoms with Gasteiger partial charge in [-0.15, -0.1) is 0 Å². The van der Waals surface area contributed by atoms with Crippen LogP contribution in [0, 0.1) is 11.8 Å². The zero-order valence-electron chi connectivity index (χ0n) is 11.8. The molecule has 0 radical (unpaired) electrons. The van der Waals surface area contributed by atoms with E-state index in [0.29, 0.717) is 13.0 Å². The van der Waals surface area contributed by atoms with Crippen LogP contribution in [-0.2, 0) is 20.9 Å². The van der Waals surface area contributed by atoms with Gasteiger partial charge in [0.05, 0.1) is 13.7 Å². The fourth-order valence-electron chi connectivity index (χ4n) is 2.59. The van der Waals surface area contributed by atoms with Crippen molar-refractivity contribution in [1.82, 2.24) is 0 Å². The molecule has 1 saturated carbocycles. The van der Waals surface area contributed by atoms with E-state index in [9.17, 15) is 9.59 Å². The predicted molar refractivity (Wildman–Crippen MR) is 76.5 cm³/mol. The Morgan fingerprint density at radius 1 is 1.35 bits per heavy atom. The number of hydrogen-bond donors (Lipinski definition) is 0. The summed E-state index contributed by atoms with van der Waals surface area (Å²) in [7, 11) is 1.32. The number of esters is 1. The fraction of sp³-hybridized carbons (Fsp3) is 0.438. The van der Waals surface area contributed by atoms with Gasteiger partial charge >= 0.3 is 5.97 Å². The third kappa shape index (κ3) is 3.32. The molecular formula is C16H19NO3. The summed E-state index contributed by atoms with van der Waals surface area (Å²) in [6.07, 6.45) is 0.940. The first-order valence-corrected chi connectivity index (χ1v) is 6.78. The minimum Gasteiger partial charge on any atom is -0.468 e. The van der Waals surface area contributed by atoms with Gasteiger partial charge in [-0.1, -0.05) is 37.3 Å². The third-order valence-electron chi connectivity index (χ3n) is 3.63. The van der Waals surface area contributed by atoms with Crippen LogP contribution in [0.4, 0.5) is 0 Å². The average Bonchev–Trinajstić information content (AvgIpc) is 2.45. The maximum Gasteiger partial charge on any atom is 0.316 e. The largest absolute Gasteiger partial charge is 0.468 e. The Morgan fingerprint density at radius 2 is 2.05 bits per heavy atom. The van der Waals surface area contributed by atoms with Crippen LogP contribution >= 0.6 is 0 Å². The molecule has 0 saturated heterocycles. The van der Waals surface area contributed by atoms with Gasteiger partial charge in [-0.2, -0.15) is 0 Å². The number of carbonyl (C=O) groups excluding carboxylic acids is 2. The van der Waals surface area contributed by atoms with Crippen molar-refractivity contribution in [3.63, 3.8) is 0 Å². The number of nitrogens with zero attached hydrogens (tertiary/aromatic N) is 1. The number of ketones is 1. The lowest BCUT2D eigenvalue weighted by Gasteiger charge is -2.26. The van der Waals surface area contributed by atoms with E-state index in [1.54, 1.807) is 0 Å². The summed E-state index contributed by atoms with van der Waals surface area (Å²) in [5, 5.41) is 0. The summed E-state index contributed by atoms with van der Waals surface area (Å²) in [6.45, 7) is 2.48. The molecule has 0 aromatic heterocycles. The van der Waals surface area contributed by atoms with E-state index >= 15 is 0 Å². The highest BCUT2D eigenvalue weighted by atomic mass is 16.5. The number of benzene rings is 1. The number of carbonyl (C=O) groups is 2. The highest BCUT2D eigenvalue weighted by Crippen LogP contribution is 2.27. The van der Waals surface area contributed by atoms with E-state index in [1.165, 1.54) is 7.11 Å². The average molecular weight is 273 g/mol. The van der Waals surface area contributed by atoms with Crippen LogP contribution in [0.1, 0.15) is 25.3 Å². The zero-order valence-corrected chi connectivity index (χ0v) is 11.8. The lowest BCUT2D eigenvalue weighted by Crippen LogP contribution is -2.38. The zero-order chi connectivity index (χ0) is 14.5. The van der Waals surface area contributed by atoms with Crippen LogP contribution in [0.3, 0.4) is 0 Å². The molecule has 1 fully saturated rings. The molecule has 0 N–H and O–H groups in total. The maximum atomic E-state index is 12.0. The van der Waals surface area contributed by atoms with Gasteiger partial charge in [0.25, 0.3) is 0 Å². The van der Waals surface area contributed by atoms with Crippen molar-refractivity contribution >= 4 is 17.5 Å². The molecule has 4 heteroatoms. The van der Waals surface area contributed by atoms with Gasteiger partial charge < -0.3 is 4.74 Å². The molecule has 1 aromatic rings. The van der Waals surface area contributed by atoms with Crippen molar-refractivity contribution in [3.05, 3.63) is 35.9 Å². The van der Waals surface area contributed by atoms with Gasteiger partial charge in [-0.05, 0) is 17.9 Å². The third-order valence-corrected chi connectivity index (χ3v) is 3.63. The predicted octanol–water partition coefficient (Wildman–Crippen LogP) is 2.42. The monoisotopic (exact) mass is 273 g/mol. The second-order valence-corrected chi connectivity index (χ2v) is 5.19. The lowest BCUT2D eigenvalue weighted by molar-refractivity contribution is -0.151. The van der Waals surface area contributed by atoms with Gasteiger partial charge in [-0.3, -0.25) is 14.6 Å². The summed E-state index contributed by atoms with van der Waals surface area (Å²) in [4.78, 5) is 28.2. The van der Waals surface area contributed by atoms with E-state index in [4.69, 9.17) is 4.74 Å². The smallest absolute Gasteiger partial charge is 0.316 e. The van der Waals surface area contributed by atoms with Crippen LogP contribution in [0.15, 0.2) is 35.3 Å². The topological polar surface area (TPSA) is 55.7 Å². The van der Waals surface area contributed by atoms with Crippen LogP contribution in [0.5, 0.6) is 0 Å². The van der Waals surface area contributed by atoms with Gasteiger partial charge in [0.15, 0.2) is 5.78 Å². The first-order chi connectivity index (χ1) is 9.61. The Morgan fingerprint density at radius 3 is 2.65 bits per heavy atom. The molecule has 0 spiro atoms. The molecular weight excluding hydrogens is 254 g/mol. The van der Waals surface area contributed by atoms with Crippen molar-refractivity contribution in [1.29, 1.82) is 0 Å². The molecule has 0 aliphatic heterocycles. The summed E-state index contributed by atoms with van der Waals surface area (Å²) in [5.74, 6) is -1.18. The normalized spacial score (nSPS) is 24.7. The molecule has 2 rings (SSSR count). The van der Waals surface area contributed by atoms with Crippen LogP contribution in [-0.4, -0.2) is 24.6 Å². The first kappa shape index (κ1) is 14.4. The molecule has 106 valence electrons. The Labute approximate surface area is 118 Å². The number of methoxy groups -OCH3 is 1. The Balaban J connectivity index is 2.03. The summed E-state index contributed by atoms with van der Waals surface area (Å²) in [6, 6.07) is 9.92. The minimum atomic E-state index is -0.629.